The number of nitrogens with two attached hydrogens (primary N) is 1. The molecular weight excluding hydrogens is 262 g/mol. The van der Waals surface area contributed by atoms with Crippen molar-refractivity contribution >= 4 is 11.6 Å². The highest BCUT2D eigenvalue weighted by Crippen LogP contribution is 2.56. The number of benzene rings is 1. The fourth-order valence-electron chi connectivity index (χ4n) is 3.27. The summed E-state index contributed by atoms with van der Waals surface area (Å²) in [6.07, 6.45) is 5.31. The van der Waals surface area contributed by atoms with Gasteiger partial charge in [-0.25, -0.2) is 0 Å². The Kier molecular flexibility index (Phi) is 2.24. The van der Waals surface area contributed by atoms with Crippen LogP contribution in [-0.4, -0.2) is 11.8 Å². The maximum absolute atomic E-state index is 6.44. The summed E-state index contributed by atoms with van der Waals surface area (Å²) in [5.74, 6) is 1.23. The lowest BCUT2D eigenvalue weighted by molar-refractivity contribution is -0.138. The van der Waals surface area contributed by atoms with Gasteiger partial charge < -0.3 is 15.2 Å². The summed E-state index contributed by atoms with van der Waals surface area (Å²) < 4.78 is 11.9. The normalized spacial score (nSPS) is 26.1. The first-order valence-corrected chi connectivity index (χ1v) is 7.40. The molecule has 2 fully saturated rings. The van der Waals surface area contributed by atoms with Crippen LogP contribution >= 0.6 is 11.6 Å². The summed E-state index contributed by atoms with van der Waals surface area (Å²) in [5.41, 5.74) is 7.31. The van der Waals surface area contributed by atoms with Crippen molar-refractivity contribution < 1.29 is 9.47 Å². The van der Waals surface area contributed by atoms with Gasteiger partial charge in [-0.15, -0.1) is 0 Å². The van der Waals surface area contributed by atoms with Crippen LogP contribution in [0.5, 0.6) is 11.5 Å². The third-order valence-corrected chi connectivity index (χ3v) is 5.25. The predicted octanol–water partition coefficient (Wildman–Crippen LogP) is 3.37. The van der Waals surface area contributed by atoms with E-state index in [0.29, 0.717) is 0 Å². The highest BCUT2D eigenvalue weighted by molar-refractivity contribution is 6.31. The molecule has 1 spiro atoms. The highest BCUT2D eigenvalue weighted by Gasteiger charge is 2.51. The molecule has 0 amide bonds. The fourth-order valence-corrected chi connectivity index (χ4v) is 3.61. The second-order valence-corrected chi connectivity index (χ2v) is 6.60. The van der Waals surface area contributed by atoms with Gasteiger partial charge in [0.1, 0.15) is 0 Å². The monoisotopic (exact) mass is 279 g/mol. The molecular formula is C15H18ClNO2. The fraction of sp³-hybridized carbons (Fsp3) is 0.600. The molecule has 1 heterocycles. The van der Waals surface area contributed by atoms with Crippen molar-refractivity contribution in [2.75, 3.05) is 0 Å². The van der Waals surface area contributed by atoms with Gasteiger partial charge in [0, 0.05) is 35.4 Å². The molecule has 4 heteroatoms. The Morgan fingerprint density at radius 3 is 2.26 bits per heavy atom. The molecule has 1 aromatic rings. The van der Waals surface area contributed by atoms with Crippen molar-refractivity contribution in [3.63, 3.8) is 0 Å². The average molecular weight is 280 g/mol. The topological polar surface area (TPSA) is 44.5 Å². The summed E-state index contributed by atoms with van der Waals surface area (Å²) in [4.78, 5) is 0. The average Bonchev–Trinajstić information content (AvgIpc) is 3.03. The van der Waals surface area contributed by atoms with Crippen molar-refractivity contribution in [3.8, 4) is 11.5 Å². The maximum atomic E-state index is 6.44. The number of hydrogen-bond acceptors (Lipinski definition) is 3. The van der Waals surface area contributed by atoms with Crippen LogP contribution in [0.4, 0.5) is 0 Å². The van der Waals surface area contributed by atoms with Gasteiger partial charge in [0.2, 0.25) is 0 Å². The van der Waals surface area contributed by atoms with Gasteiger partial charge in [0.15, 0.2) is 11.5 Å². The van der Waals surface area contributed by atoms with Gasteiger partial charge in [0.05, 0.1) is 0 Å². The Morgan fingerprint density at radius 2 is 1.79 bits per heavy atom. The van der Waals surface area contributed by atoms with Crippen LogP contribution in [0, 0.1) is 0 Å². The molecule has 1 atom stereocenters. The molecule has 4 rings (SSSR count). The van der Waals surface area contributed by atoms with Crippen molar-refractivity contribution in [2.45, 2.75) is 56.3 Å². The largest absolute Gasteiger partial charge is 0.448 e. The Morgan fingerprint density at radius 1 is 1.16 bits per heavy atom. The molecule has 1 aliphatic heterocycles. The highest BCUT2D eigenvalue weighted by atomic mass is 35.5. The van der Waals surface area contributed by atoms with Gasteiger partial charge in [-0.2, -0.15) is 0 Å². The molecule has 19 heavy (non-hydrogen) atoms. The van der Waals surface area contributed by atoms with E-state index in [2.05, 4.69) is 13.0 Å². The van der Waals surface area contributed by atoms with Gasteiger partial charge in [-0.1, -0.05) is 11.6 Å². The molecule has 0 bridgehead atoms. The van der Waals surface area contributed by atoms with Crippen LogP contribution in [0.25, 0.3) is 0 Å². The molecule has 1 aromatic carbocycles. The van der Waals surface area contributed by atoms with Crippen LogP contribution in [0.3, 0.4) is 0 Å². The molecule has 1 unspecified atom stereocenters. The van der Waals surface area contributed by atoms with E-state index in [9.17, 15) is 0 Å². The number of hydrogen-bond donors (Lipinski definition) is 1. The van der Waals surface area contributed by atoms with Crippen LogP contribution in [0.1, 0.15) is 44.6 Å². The third kappa shape index (κ3) is 1.55. The second-order valence-electron chi connectivity index (χ2n) is 6.19. The predicted molar refractivity (Wildman–Crippen MR) is 73.9 cm³/mol. The number of fused-ring (bicyclic) bond motifs is 1. The zero-order chi connectivity index (χ0) is 13.3. The Labute approximate surface area is 118 Å². The van der Waals surface area contributed by atoms with E-state index in [4.69, 9.17) is 26.8 Å². The zero-order valence-electron chi connectivity index (χ0n) is 11.0. The van der Waals surface area contributed by atoms with E-state index in [1.54, 1.807) is 0 Å². The van der Waals surface area contributed by atoms with Crippen molar-refractivity contribution in [3.05, 3.63) is 22.7 Å². The van der Waals surface area contributed by atoms with Gasteiger partial charge in [-0.05, 0) is 37.8 Å². The summed E-state index contributed by atoms with van der Waals surface area (Å²) in [6, 6.07) is 4.08. The number of halogens is 1. The summed E-state index contributed by atoms with van der Waals surface area (Å²) in [5, 5.41) is 0.758. The Hall–Kier alpha value is -0.930. The van der Waals surface area contributed by atoms with Gasteiger partial charge in [-0.3, -0.25) is 0 Å². The van der Waals surface area contributed by atoms with E-state index in [-0.39, 0.29) is 11.5 Å². The first kappa shape index (κ1) is 11.9. The van der Waals surface area contributed by atoms with Crippen LogP contribution in [-0.2, 0) is 5.41 Å². The Bertz CT molecular complexity index is 547. The van der Waals surface area contributed by atoms with Crippen LogP contribution in [0.15, 0.2) is 12.1 Å². The number of ether oxygens (including phenoxy) is 2. The lowest BCUT2D eigenvalue weighted by atomic mass is 9.89. The first-order valence-electron chi connectivity index (χ1n) is 7.02. The summed E-state index contributed by atoms with van der Waals surface area (Å²) in [7, 11) is 0. The van der Waals surface area contributed by atoms with Crippen LogP contribution in [0.2, 0.25) is 5.02 Å². The zero-order valence-corrected chi connectivity index (χ0v) is 11.8. The quantitative estimate of drug-likeness (QED) is 0.903. The van der Waals surface area contributed by atoms with Crippen molar-refractivity contribution in [1.82, 2.24) is 0 Å². The molecule has 0 aromatic heterocycles. The standard InChI is InChI=1S/C15H18ClNO2/c1-9(17)14(5-6-14)10-7-12-13(8-11(10)16)19-15(18-12)3-2-4-15/h7-9H,2-6,17H2,1H3. The van der Waals surface area contributed by atoms with Crippen LogP contribution < -0.4 is 15.2 Å². The van der Waals surface area contributed by atoms with Gasteiger partial charge in [0.25, 0.3) is 5.79 Å². The summed E-state index contributed by atoms with van der Waals surface area (Å²) >= 11 is 6.44. The molecule has 0 radical (unpaired) electrons. The SMILES string of the molecule is CC(N)C1(c2cc3c(cc2Cl)OC2(CCC2)O3)CC1. The lowest BCUT2D eigenvalue weighted by Crippen LogP contribution is -2.45. The minimum absolute atomic E-state index is 0.0465. The molecule has 102 valence electrons. The van der Waals surface area contributed by atoms with Crippen molar-refractivity contribution in [2.24, 2.45) is 5.73 Å². The Balaban J connectivity index is 1.74. The first-order chi connectivity index (χ1) is 9.05. The molecule has 2 saturated carbocycles. The van der Waals surface area contributed by atoms with E-state index in [0.717, 1.165) is 47.8 Å². The van der Waals surface area contributed by atoms with Gasteiger partial charge >= 0.3 is 0 Å². The second kappa shape index (κ2) is 3.58. The minimum Gasteiger partial charge on any atom is -0.448 e. The van der Waals surface area contributed by atoms with E-state index in [1.807, 2.05) is 6.07 Å². The molecule has 0 saturated heterocycles. The van der Waals surface area contributed by atoms with Crippen molar-refractivity contribution in [1.29, 1.82) is 0 Å². The maximum Gasteiger partial charge on any atom is 0.251 e. The third-order valence-electron chi connectivity index (χ3n) is 4.94. The molecule has 2 aliphatic carbocycles. The van der Waals surface area contributed by atoms with E-state index >= 15 is 0 Å². The molecule has 2 N–H and O–H groups in total. The number of rotatable bonds is 2. The smallest absolute Gasteiger partial charge is 0.251 e. The molecule has 3 nitrogen and oxygen atoms in total. The summed E-state index contributed by atoms with van der Waals surface area (Å²) in [6.45, 7) is 2.06. The molecule has 3 aliphatic rings. The minimum atomic E-state index is -0.394. The van der Waals surface area contributed by atoms with E-state index < -0.39 is 5.79 Å². The van der Waals surface area contributed by atoms with E-state index in [1.165, 1.54) is 6.42 Å². The lowest BCUT2D eigenvalue weighted by Gasteiger charge is -2.35.